The van der Waals surface area contributed by atoms with E-state index in [9.17, 15) is 18.3 Å². The molecule has 1 aliphatic heterocycles. The van der Waals surface area contributed by atoms with Gasteiger partial charge in [-0.2, -0.15) is 4.31 Å². The third-order valence-electron chi connectivity index (χ3n) is 3.32. The molecule has 9 heteroatoms. The Balaban J connectivity index is 2.52. The Kier molecular flexibility index (Phi) is 4.79. The highest BCUT2D eigenvalue weighted by Gasteiger charge is 2.44. The number of aliphatic hydroxyl groups is 1. The number of hydrogen-bond donors (Lipinski definition) is 2. The van der Waals surface area contributed by atoms with Crippen molar-refractivity contribution in [1.82, 2.24) is 4.31 Å². The monoisotopic (exact) mass is 441 g/mol. The molecule has 1 aliphatic rings. The average molecular weight is 443 g/mol. The second-order valence-electron chi connectivity index (χ2n) is 4.85. The van der Waals surface area contributed by atoms with Crippen molar-refractivity contribution in [3.8, 4) is 0 Å². The van der Waals surface area contributed by atoms with Gasteiger partial charge in [-0.05, 0) is 40.5 Å². The Morgan fingerprint density at radius 2 is 1.95 bits per heavy atom. The van der Waals surface area contributed by atoms with Crippen LogP contribution in [0.15, 0.2) is 26.0 Å². The van der Waals surface area contributed by atoms with E-state index in [1.807, 2.05) is 6.92 Å². The van der Waals surface area contributed by atoms with E-state index >= 15 is 0 Å². The number of halogens is 2. The standard InChI is InChI=1S/C12H13Br2NO5S/c1-6-2-9(14)11(4-8(6)13)21(19,20)15-5-7(16)3-10(15)12(17)18/h2,4,7,10,16H,3,5H2,1H3,(H,17,18)/t7-,10+/m1/s1. The third-order valence-corrected chi connectivity index (χ3v) is 7.01. The number of hydrogen-bond acceptors (Lipinski definition) is 4. The number of sulfonamides is 1. The van der Waals surface area contributed by atoms with Crippen molar-refractivity contribution in [2.45, 2.75) is 30.4 Å². The molecule has 2 N–H and O–H groups in total. The normalized spacial score (nSPS) is 23.4. The molecule has 0 bridgehead atoms. The van der Waals surface area contributed by atoms with E-state index in [1.165, 1.54) is 6.07 Å². The Hall–Kier alpha value is -0.480. The van der Waals surface area contributed by atoms with Crippen LogP contribution >= 0.6 is 31.9 Å². The highest BCUT2D eigenvalue weighted by atomic mass is 79.9. The fourth-order valence-electron chi connectivity index (χ4n) is 2.23. The van der Waals surface area contributed by atoms with Crippen molar-refractivity contribution < 1.29 is 23.4 Å². The first-order valence-corrected chi connectivity index (χ1v) is 9.05. The predicted octanol–water partition coefficient (Wildman–Crippen LogP) is 1.73. The predicted molar refractivity (Wildman–Crippen MR) is 82.5 cm³/mol. The van der Waals surface area contributed by atoms with Crippen LogP contribution < -0.4 is 0 Å². The first-order chi connectivity index (χ1) is 9.64. The van der Waals surface area contributed by atoms with Gasteiger partial charge in [-0.25, -0.2) is 8.42 Å². The van der Waals surface area contributed by atoms with Crippen LogP contribution in [-0.4, -0.2) is 47.6 Å². The van der Waals surface area contributed by atoms with Gasteiger partial charge in [0.15, 0.2) is 0 Å². The number of carboxylic acid groups (broad SMARTS) is 1. The first-order valence-electron chi connectivity index (χ1n) is 6.03. The number of rotatable bonds is 3. The van der Waals surface area contributed by atoms with Crippen LogP contribution in [0.4, 0.5) is 0 Å². The number of aliphatic carboxylic acids is 1. The summed E-state index contributed by atoms with van der Waals surface area (Å²) in [4.78, 5) is 11.2. The number of β-amino-alcohol motifs (C(OH)–C–C–N with tert-alkyl or cyclic N) is 1. The van der Waals surface area contributed by atoms with E-state index in [2.05, 4.69) is 31.9 Å². The van der Waals surface area contributed by atoms with E-state index in [4.69, 9.17) is 5.11 Å². The van der Waals surface area contributed by atoms with Crippen LogP contribution in [0.2, 0.25) is 0 Å². The minimum Gasteiger partial charge on any atom is -0.480 e. The van der Waals surface area contributed by atoms with Crippen molar-refractivity contribution >= 4 is 47.9 Å². The molecule has 116 valence electrons. The highest BCUT2D eigenvalue weighted by molar-refractivity contribution is 9.11. The fraction of sp³-hybridized carbons (Fsp3) is 0.417. The molecule has 1 heterocycles. The number of carboxylic acids is 1. The minimum atomic E-state index is -4.02. The van der Waals surface area contributed by atoms with Crippen LogP contribution in [0.3, 0.4) is 0 Å². The van der Waals surface area contributed by atoms with Gasteiger partial charge in [0.25, 0.3) is 0 Å². The summed E-state index contributed by atoms with van der Waals surface area (Å²) in [5.74, 6) is -1.27. The molecule has 0 saturated carbocycles. The van der Waals surface area contributed by atoms with Crippen molar-refractivity contribution in [3.63, 3.8) is 0 Å². The number of aliphatic hydroxyl groups excluding tert-OH is 1. The molecule has 1 aromatic carbocycles. The quantitative estimate of drug-likeness (QED) is 0.743. The van der Waals surface area contributed by atoms with Crippen molar-refractivity contribution in [1.29, 1.82) is 0 Å². The molecular formula is C12H13Br2NO5S. The van der Waals surface area contributed by atoms with E-state index in [0.717, 1.165) is 9.87 Å². The molecular weight excluding hydrogens is 430 g/mol. The lowest BCUT2D eigenvalue weighted by Crippen LogP contribution is -2.40. The zero-order chi connectivity index (χ0) is 15.9. The Labute approximate surface area is 139 Å². The van der Waals surface area contributed by atoms with E-state index in [-0.39, 0.29) is 17.9 Å². The molecule has 0 aromatic heterocycles. The number of nitrogens with zero attached hydrogens (tertiary/aromatic N) is 1. The highest BCUT2D eigenvalue weighted by Crippen LogP contribution is 2.34. The van der Waals surface area contributed by atoms with Crippen molar-refractivity contribution in [2.24, 2.45) is 0 Å². The fourth-order valence-corrected chi connectivity index (χ4v) is 5.50. The van der Waals surface area contributed by atoms with Gasteiger partial charge in [-0.3, -0.25) is 4.79 Å². The van der Waals surface area contributed by atoms with Gasteiger partial charge in [0.1, 0.15) is 6.04 Å². The molecule has 1 fully saturated rings. The minimum absolute atomic E-state index is 0.0275. The first kappa shape index (κ1) is 16.9. The number of aryl methyl sites for hydroxylation is 1. The summed E-state index contributed by atoms with van der Waals surface area (Å²) >= 11 is 6.47. The molecule has 0 amide bonds. The summed E-state index contributed by atoms with van der Waals surface area (Å²) in [6.45, 7) is 1.59. The summed E-state index contributed by atoms with van der Waals surface area (Å²) in [6, 6.07) is 1.81. The summed E-state index contributed by atoms with van der Waals surface area (Å²) in [6.07, 6.45) is -1.09. The van der Waals surface area contributed by atoms with Gasteiger partial charge in [0.05, 0.1) is 11.0 Å². The molecule has 1 saturated heterocycles. The largest absolute Gasteiger partial charge is 0.480 e. The topological polar surface area (TPSA) is 94.9 Å². The SMILES string of the molecule is Cc1cc(Br)c(S(=O)(=O)N2C[C@H](O)C[C@H]2C(=O)O)cc1Br. The van der Waals surface area contributed by atoms with Crippen molar-refractivity contribution in [2.75, 3.05) is 6.54 Å². The van der Waals surface area contributed by atoms with Gasteiger partial charge in [0, 0.05) is 21.9 Å². The zero-order valence-electron chi connectivity index (χ0n) is 11.0. The van der Waals surface area contributed by atoms with Crippen LogP contribution in [0, 0.1) is 6.92 Å². The van der Waals surface area contributed by atoms with Gasteiger partial charge in [-0.15, -0.1) is 0 Å². The maximum atomic E-state index is 12.7. The summed E-state index contributed by atoms with van der Waals surface area (Å²) in [5, 5.41) is 18.7. The van der Waals surface area contributed by atoms with Crippen LogP contribution in [0.25, 0.3) is 0 Å². The zero-order valence-corrected chi connectivity index (χ0v) is 14.9. The molecule has 2 atom stereocenters. The van der Waals surface area contributed by atoms with Gasteiger partial charge < -0.3 is 10.2 Å². The van der Waals surface area contributed by atoms with E-state index in [0.29, 0.717) is 8.95 Å². The van der Waals surface area contributed by atoms with Gasteiger partial charge >= 0.3 is 5.97 Å². The second-order valence-corrected chi connectivity index (χ2v) is 8.42. The van der Waals surface area contributed by atoms with Gasteiger partial charge in [-0.1, -0.05) is 15.9 Å². The number of carbonyl (C=O) groups is 1. The smallest absolute Gasteiger partial charge is 0.322 e. The molecule has 0 spiro atoms. The molecule has 2 rings (SSSR count). The van der Waals surface area contributed by atoms with E-state index < -0.39 is 28.1 Å². The molecule has 21 heavy (non-hydrogen) atoms. The summed E-state index contributed by atoms with van der Waals surface area (Å²) in [7, 11) is -4.02. The van der Waals surface area contributed by atoms with Crippen LogP contribution in [0.1, 0.15) is 12.0 Å². The molecule has 0 aliphatic carbocycles. The van der Waals surface area contributed by atoms with Crippen molar-refractivity contribution in [3.05, 3.63) is 26.6 Å². The summed E-state index contributed by atoms with van der Waals surface area (Å²) in [5.41, 5.74) is 0.845. The molecule has 6 nitrogen and oxygen atoms in total. The third kappa shape index (κ3) is 3.16. The Morgan fingerprint density at radius 1 is 1.33 bits per heavy atom. The molecule has 0 unspecified atom stereocenters. The maximum absolute atomic E-state index is 12.7. The number of benzene rings is 1. The second kappa shape index (κ2) is 5.96. The maximum Gasteiger partial charge on any atom is 0.322 e. The molecule has 1 aromatic rings. The average Bonchev–Trinajstić information content (AvgIpc) is 2.76. The van der Waals surface area contributed by atoms with Gasteiger partial charge in [0.2, 0.25) is 10.0 Å². The molecule has 0 radical (unpaired) electrons. The lowest BCUT2D eigenvalue weighted by Gasteiger charge is -2.21. The van der Waals surface area contributed by atoms with E-state index in [1.54, 1.807) is 6.07 Å². The summed E-state index contributed by atoms with van der Waals surface area (Å²) < 4.78 is 27.2. The van der Waals surface area contributed by atoms with Crippen LogP contribution in [-0.2, 0) is 14.8 Å². The van der Waals surface area contributed by atoms with Crippen LogP contribution in [0.5, 0.6) is 0 Å². The lowest BCUT2D eigenvalue weighted by molar-refractivity contribution is -0.140. The Morgan fingerprint density at radius 3 is 2.52 bits per heavy atom. The lowest BCUT2D eigenvalue weighted by atomic mass is 10.2. The Bertz CT molecular complexity index is 691.